The lowest BCUT2D eigenvalue weighted by Gasteiger charge is -2.57. The first-order valence-corrected chi connectivity index (χ1v) is 11.6. The standard InChI is InChI=1S/C24H30N4O3/c1-14-19-2-3-21(27-20(19)4-6-25-14)26-18-5-7-28(13-18)23(29)31-22-16-8-15-9-17(22)12-24(30,10-15)11-16/h2-4,6,15-18,22,30H,5,7-13H2,1H3,(H,26,27)/t15?,16?,17?,18-,22-,24-/m1/s1. The Morgan fingerprint density at radius 2 is 2.03 bits per heavy atom. The van der Waals surface area contributed by atoms with E-state index in [0.29, 0.717) is 30.8 Å². The summed E-state index contributed by atoms with van der Waals surface area (Å²) in [6.07, 6.45) is 7.19. The van der Waals surface area contributed by atoms with Crippen LogP contribution in [0.1, 0.15) is 44.2 Å². The van der Waals surface area contributed by atoms with Gasteiger partial charge < -0.3 is 20.1 Å². The molecule has 3 heterocycles. The molecule has 0 aromatic carbocycles. The highest BCUT2D eigenvalue weighted by atomic mass is 16.6. The summed E-state index contributed by atoms with van der Waals surface area (Å²) < 4.78 is 6.05. The minimum Gasteiger partial charge on any atom is -0.446 e. The van der Waals surface area contributed by atoms with Gasteiger partial charge in [0.2, 0.25) is 0 Å². The molecule has 1 aliphatic heterocycles. The lowest BCUT2D eigenvalue weighted by atomic mass is 9.53. The summed E-state index contributed by atoms with van der Waals surface area (Å²) in [5.74, 6) is 2.10. The maximum Gasteiger partial charge on any atom is 0.410 e. The maximum atomic E-state index is 12.9. The molecule has 5 fully saturated rings. The number of aliphatic hydroxyl groups is 1. The van der Waals surface area contributed by atoms with Crippen LogP contribution in [0.15, 0.2) is 24.4 Å². The molecule has 164 valence electrons. The van der Waals surface area contributed by atoms with Crippen molar-refractivity contribution in [1.29, 1.82) is 0 Å². The Labute approximate surface area is 182 Å². The number of rotatable bonds is 3. The molecule has 0 radical (unpaired) electrons. The Morgan fingerprint density at radius 3 is 2.81 bits per heavy atom. The summed E-state index contributed by atoms with van der Waals surface area (Å²) in [5, 5.41) is 15.3. The molecule has 2 aromatic rings. The SMILES string of the molecule is Cc1nccc2nc(N[C@@H]3CCN(C(=O)O[C@H]4C5CC6CC4C[C@](O)(C6)C5)C3)ccc12. The number of anilines is 1. The third-order valence-electron chi connectivity index (χ3n) is 8.00. The lowest BCUT2D eigenvalue weighted by Crippen LogP contribution is -2.58. The number of carbonyl (C=O) groups is 1. The van der Waals surface area contributed by atoms with Crippen LogP contribution in [-0.4, -0.2) is 56.9 Å². The van der Waals surface area contributed by atoms with E-state index in [9.17, 15) is 9.90 Å². The van der Waals surface area contributed by atoms with Crippen molar-refractivity contribution in [3.63, 3.8) is 0 Å². The molecule has 0 spiro atoms. The quantitative estimate of drug-likeness (QED) is 0.787. The van der Waals surface area contributed by atoms with Gasteiger partial charge in [0.25, 0.3) is 0 Å². The van der Waals surface area contributed by atoms with E-state index in [4.69, 9.17) is 9.72 Å². The van der Waals surface area contributed by atoms with E-state index in [1.54, 1.807) is 6.20 Å². The first-order valence-electron chi connectivity index (χ1n) is 11.6. The highest BCUT2D eigenvalue weighted by molar-refractivity contribution is 5.82. The van der Waals surface area contributed by atoms with Crippen molar-refractivity contribution in [2.45, 2.75) is 63.2 Å². The smallest absolute Gasteiger partial charge is 0.410 e. The van der Waals surface area contributed by atoms with Gasteiger partial charge in [0.15, 0.2) is 0 Å². The highest BCUT2D eigenvalue weighted by Crippen LogP contribution is 2.56. The summed E-state index contributed by atoms with van der Waals surface area (Å²) in [6, 6.07) is 6.12. The molecule has 7 rings (SSSR count). The number of fused-ring (bicyclic) bond motifs is 1. The number of hydrogen-bond acceptors (Lipinski definition) is 6. The number of aryl methyl sites for hydroxylation is 1. The zero-order valence-corrected chi connectivity index (χ0v) is 18.0. The number of nitrogens with zero attached hydrogens (tertiary/aromatic N) is 3. The third kappa shape index (κ3) is 3.43. The van der Waals surface area contributed by atoms with E-state index >= 15 is 0 Å². The minimum absolute atomic E-state index is 0.0182. The molecule has 3 atom stereocenters. The van der Waals surface area contributed by atoms with Gasteiger partial charge in [-0.1, -0.05) is 0 Å². The average Bonchev–Trinajstić information content (AvgIpc) is 3.18. The van der Waals surface area contributed by atoms with Gasteiger partial charge in [0.1, 0.15) is 11.9 Å². The largest absolute Gasteiger partial charge is 0.446 e. The minimum atomic E-state index is -0.497. The number of ether oxygens (including phenoxy) is 1. The van der Waals surface area contributed by atoms with Crippen molar-refractivity contribution in [3.8, 4) is 0 Å². The van der Waals surface area contributed by atoms with E-state index < -0.39 is 5.60 Å². The predicted molar refractivity (Wildman–Crippen MR) is 117 cm³/mol. The van der Waals surface area contributed by atoms with Crippen LogP contribution in [0, 0.1) is 24.7 Å². The van der Waals surface area contributed by atoms with Crippen molar-refractivity contribution >= 4 is 22.8 Å². The normalized spacial score (nSPS) is 36.2. The molecular weight excluding hydrogens is 392 g/mol. The third-order valence-corrected chi connectivity index (χ3v) is 8.00. The number of pyridine rings is 2. The summed E-state index contributed by atoms with van der Waals surface area (Å²) in [7, 11) is 0. The van der Waals surface area contributed by atoms with Crippen molar-refractivity contribution in [3.05, 3.63) is 30.1 Å². The fourth-order valence-electron chi connectivity index (χ4n) is 6.85. The van der Waals surface area contributed by atoms with E-state index in [2.05, 4.69) is 10.3 Å². The number of hydrogen-bond donors (Lipinski definition) is 2. The van der Waals surface area contributed by atoms with Gasteiger partial charge in [-0.05, 0) is 81.4 Å². The monoisotopic (exact) mass is 422 g/mol. The second-order valence-corrected chi connectivity index (χ2v) is 10.3. The molecule has 7 nitrogen and oxygen atoms in total. The maximum absolute atomic E-state index is 12.9. The van der Waals surface area contributed by atoms with Gasteiger partial charge >= 0.3 is 6.09 Å². The van der Waals surface area contributed by atoms with Crippen molar-refractivity contribution in [1.82, 2.24) is 14.9 Å². The highest BCUT2D eigenvalue weighted by Gasteiger charge is 2.56. The molecule has 2 aromatic heterocycles. The van der Waals surface area contributed by atoms with Gasteiger partial charge in [-0.2, -0.15) is 0 Å². The molecule has 7 heteroatoms. The Hall–Kier alpha value is -2.41. The van der Waals surface area contributed by atoms with E-state index in [1.807, 2.05) is 30.0 Å². The van der Waals surface area contributed by atoms with Crippen molar-refractivity contribution in [2.75, 3.05) is 18.4 Å². The van der Waals surface area contributed by atoms with Crippen LogP contribution in [0.2, 0.25) is 0 Å². The molecule has 4 bridgehead atoms. The second kappa shape index (κ2) is 7.05. The summed E-state index contributed by atoms with van der Waals surface area (Å²) >= 11 is 0. The number of amides is 1. The van der Waals surface area contributed by atoms with Crippen LogP contribution in [0.25, 0.3) is 10.9 Å². The zero-order chi connectivity index (χ0) is 21.2. The molecule has 4 saturated carbocycles. The van der Waals surface area contributed by atoms with Gasteiger partial charge in [-0.3, -0.25) is 4.98 Å². The Kier molecular flexibility index (Phi) is 4.39. The van der Waals surface area contributed by atoms with Crippen LogP contribution >= 0.6 is 0 Å². The van der Waals surface area contributed by atoms with Crippen molar-refractivity contribution in [2.24, 2.45) is 17.8 Å². The Balaban J connectivity index is 1.08. The topological polar surface area (TPSA) is 87.6 Å². The number of likely N-dealkylation sites (tertiary alicyclic amines) is 1. The summed E-state index contributed by atoms with van der Waals surface area (Å²) in [5.41, 5.74) is 1.40. The van der Waals surface area contributed by atoms with E-state index in [0.717, 1.165) is 60.9 Å². The van der Waals surface area contributed by atoms with Crippen LogP contribution in [0.3, 0.4) is 0 Å². The van der Waals surface area contributed by atoms with Gasteiger partial charge in [-0.25, -0.2) is 9.78 Å². The molecule has 2 unspecified atom stereocenters. The first-order chi connectivity index (χ1) is 15.0. The van der Waals surface area contributed by atoms with Gasteiger partial charge in [0.05, 0.1) is 11.1 Å². The summed E-state index contributed by atoms with van der Waals surface area (Å²) in [4.78, 5) is 23.8. The summed E-state index contributed by atoms with van der Waals surface area (Å²) in [6.45, 7) is 3.31. The first kappa shape index (κ1) is 19.3. The zero-order valence-electron chi connectivity index (χ0n) is 18.0. The van der Waals surface area contributed by atoms with Crippen LogP contribution in [-0.2, 0) is 4.74 Å². The fraction of sp³-hybridized carbons (Fsp3) is 0.625. The van der Waals surface area contributed by atoms with Crippen LogP contribution in [0.5, 0.6) is 0 Å². The Morgan fingerprint density at radius 1 is 1.23 bits per heavy atom. The molecule has 2 N–H and O–H groups in total. The predicted octanol–water partition coefficient (Wildman–Crippen LogP) is 3.50. The van der Waals surface area contributed by atoms with Crippen LogP contribution in [0.4, 0.5) is 10.6 Å². The number of aromatic nitrogens is 2. The van der Waals surface area contributed by atoms with Crippen molar-refractivity contribution < 1.29 is 14.6 Å². The second-order valence-electron chi connectivity index (χ2n) is 10.3. The molecule has 4 aliphatic carbocycles. The molecule has 5 aliphatic rings. The number of nitrogens with one attached hydrogen (secondary N) is 1. The molecule has 31 heavy (non-hydrogen) atoms. The van der Waals surface area contributed by atoms with Crippen LogP contribution < -0.4 is 5.32 Å². The molecule has 1 saturated heterocycles. The fourth-order valence-corrected chi connectivity index (χ4v) is 6.85. The lowest BCUT2D eigenvalue weighted by molar-refractivity contribution is -0.177. The average molecular weight is 423 g/mol. The Bertz CT molecular complexity index is 1010. The van der Waals surface area contributed by atoms with E-state index in [-0.39, 0.29) is 18.2 Å². The number of carbonyl (C=O) groups excluding carboxylic acids is 1. The molecular formula is C24H30N4O3. The molecule has 1 amide bonds. The van der Waals surface area contributed by atoms with E-state index in [1.165, 1.54) is 0 Å². The van der Waals surface area contributed by atoms with Gasteiger partial charge in [0, 0.05) is 36.4 Å². The van der Waals surface area contributed by atoms with Gasteiger partial charge in [-0.15, -0.1) is 0 Å².